The number of nitrogens with zero attached hydrogens (tertiary/aromatic N) is 4. The number of nitrogens with one attached hydrogen (secondary N) is 1. The fraction of sp³-hybridized carbons (Fsp3) is 0.429. The molecule has 2 aromatic carbocycles. The largest absolute Gasteiger partial charge is 0.368 e. The molecule has 1 aliphatic carbocycles. The number of piperazine rings is 1. The molecule has 188 valence electrons. The Morgan fingerprint density at radius 1 is 0.972 bits per heavy atom. The van der Waals surface area contributed by atoms with Crippen molar-refractivity contribution in [2.45, 2.75) is 39.3 Å². The third-order valence-electron chi connectivity index (χ3n) is 7.36. The average molecular weight is 487 g/mol. The SMILES string of the molecule is CC(C)[C@H](Nc1nc(CN2CCN(C(=O)C3Cc4ccccc4C3)CC2)nc2ccccc12)C(N)=O. The molecule has 2 aliphatic rings. The van der Waals surface area contributed by atoms with Crippen LogP contribution in [0.15, 0.2) is 48.5 Å². The van der Waals surface area contributed by atoms with Gasteiger partial charge in [-0.1, -0.05) is 50.2 Å². The third-order valence-corrected chi connectivity index (χ3v) is 7.36. The molecule has 0 radical (unpaired) electrons. The van der Waals surface area contributed by atoms with Crippen LogP contribution in [-0.2, 0) is 29.0 Å². The average Bonchev–Trinajstić information content (AvgIpc) is 3.31. The summed E-state index contributed by atoms with van der Waals surface area (Å²) in [6.07, 6.45) is 1.69. The van der Waals surface area contributed by atoms with E-state index >= 15 is 0 Å². The van der Waals surface area contributed by atoms with Gasteiger partial charge in [0.2, 0.25) is 11.8 Å². The zero-order valence-corrected chi connectivity index (χ0v) is 21.0. The Labute approximate surface area is 211 Å². The predicted molar refractivity (Wildman–Crippen MR) is 140 cm³/mol. The number of benzene rings is 2. The third kappa shape index (κ3) is 5.04. The monoisotopic (exact) mass is 486 g/mol. The van der Waals surface area contributed by atoms with E-state index in [0.29, 0.717) is 31.3 Å². The first kappa shape index (κ1) is 24.2. The smallest absolute Gasteiger partial charge is 0.240 e. The molecule has 2 heterocycles. The van der Waals surface area contributed by atoms with E-state index in [0.717, 1.165) is 36.8 Å². The molecule has 8 heteroatoms. The molecule has 1 saturated heterocycles. The first-order valence-electron chi connectivity index (χ1n) is 12.8. The molecule has 0 spiro atoms. The van der Waals surface area contributed by atoms with Crippen LogP contribution in [-0.4, -0.2) is 63.8 Å². The number of hydrogen-bond donors (Lipinski definition) is 2. The zero-order valence-electron chi connectivity index (χ0n) is 21.0. The van der Waals surface area contributed by atoms with Crippen molar-refractivity contribution in [1.29, 1.82) is 0 Å². The molecule has 1 aliphatic heterocycles. The van der Waals surface area contributed by atoms with Gasteiger partial charge in [-0.25, -0.2) is 9.97 Å². The predicted octanol–water partition coefficient (Wildman–Crippen LogP) is 2.61. The Bertz CT molecular complexity index is 1240. The van der Waals surface area contributed by atoms with Crippen LogP contribution in [0, 0.1) is 11.8 Å². The van der Waals surface area contributed by atoms with Crippen LogP contribution >= 0.6 is 0 Å². The number of amides is 2. The second kappa shape index (κ2) is 10.2. The van der Waals surface area contributed by atoms with Crippen LogP contribution in [0.1, 0.15) is 30.8 Å². The van der Waals surface area contributed by atoms with Crippen molar-refractivity contribution in [3.8, 4) is 0 Å². The summed E-state index contributed by atoms with van der Waals surface area (Å²) < 4.78 is 0. The minimum atomic E-state index is -0.521. The lowest BCUT2D eigenvalue weighted by atomic mass is 10.0. The standard InChI is InChI=1S/C28H34N6O2/c1-18(2)25(26(29)35)32-27-22-9-5-6-10-23(22)30-24(31-27)17-33-11-13-34(14-12-33)28(36)21-15-19-7-3-4-8-20(19)16-21/h3-10,18,21,25H,11-17H2,1-2H3,(H2,29,35)(H,30,31,32)/t25-/m0/s1. The van der Waals surface area contributed by atoms with E-state index in [-0.39, 0.29) is 17.7 Å². The van der Waals surface area contributed by atoms with Gasteiger partial charge in [0.05, 0.1) is 12.1 Å². The molecule has 5 rings (SSSR count). The molecule has 3 aromatic rings. The molecular weight excluding hydrogens is 452 g/mol. The summed E-state index contributed by atoms with van der Waals surface area (Å²) in [5.41, 5.74) is 9.08. The second-order valence-corrected chi connectivity index (χ2v) is 10.2. The van der Waals surface area contributed by atoms with Crippen molar-refractivity contribution in [1.82, 2.24) is 19.8 Å². The van der Waals surface area contributed by atoms with Crippen molar-refractivity contribution in [3.63, 3.8) is 0 Å². The van der Waals surface area contributed by atoms with Crippen LogP contribution in [0.3, 0.4) is 0 Å². The van der Waals surface area contributed by atoms with Gasteiger partial charge in [-0.05, 0) is 42.0 Å². The number of rotatable bonds is 7. The topological polar surface area (TPSA) is 104 Å². The second-order valence-electron chi connectivity index (χ2n) is 10.2. The normalized spacial score (nSPS) is 17.4. The van der Waals surface area contributed by atoms with Crippen LogP contribution < -0.4 is 11.1 Å². The highest BCUT2D eigenvalue weighted by Crippen LogP contribution is 2.28. The van der Waals surface area contributed by atoms with Gasteiger partial charge in [0.1, 0.15) is 17.7 Å². The summed E-state index contributed by atoms with van der Waals surface area (Å²) in [6.45, 7) is 7.47. The minimum Gasteiger partial charge on any atom is -0.368 e. The number of hydrogen-bond acceptors (Lipinski definition) is 6. The number of aromatic nitrogens is 2. The van der Waals surface area contributed by atoms with E-state index in [1.165, 1.54) is 11.1 Å². The molecule has 0 bridgehead atoms. The highest BCUT2D eigenvalue weighted by Gasteiger charge is 2.32. The molecule has 2 amide bonds. The van der Waals surface area contributed by atoms with E-state index < -0.39 is 11.9 Å². The molecule has 1 atom stereocenters. The summed E-state index contributed by atoms with van der Waals surface area (Å²) in [7, 11) is 0. The maximum atomic E-state index is 13.2. The number of carbonyl (C=O) groups is 2. The lowest BCUT2D eigenvalue weighted by Gasteiger charge is -2.35. The fourth-order valence-corrected chi connectivity index (χ4v) is 5.34. The van der Waals surface area contributed by atoms with Crippen LogP contribution in [0.25, 0.3) is 10.9 Å². The number of primary amides is 1. The van der Waals surface area contributed by atoms with Crippen LogP contribution in [0.2, 0.25) is 0 Å². The number of fused-ring (bicyclic) bond motifs is 2. The quantitative estimate of drug-likeness (QED) is 0.532. The minimum absolute atomic E-state index is 0.0259. The van der Waals surface area contributed by atoms with Gasteiger partial charge >= 0.3 is 0 Å². The molecule has 0 unspecified atom stereocenters. The van der Waals surface area contributed by atoms with Gasteiger partial charge in [-0.2, -0.15) is 0 Å². The molecule has 36 heavy (non-hydrogen) atoms. The van der Waals surface area contributed by atoms with E-state index in [9.17, 15) is 9.59 Å². The van der Waals surface area contributed by atoms with Crippen molar-refractivity contribution in [3.05, 3.63) is 65.5 Å². The van der Waals surface area contributed by atoms with Gasteiger partial charge < -0.3 is 16.0 Å². The Balaban J connectivity index is 1.24. The lowest BCUT2D eigenvalue weighted by Crippen LogP contribution is -2.50. The van der Waals surface area contributed by atoms with E-state index in [2.05, 4.69) is 34.5 Å². The number of nitrogens with two attached hydrogens (primary N) is 1. The van der Waals surface area contributed by atoms with Gasteiger partial charge in [0.15, 0.2) is 0 Å². The summed E-state index contributed by atoms with van der Waals surface area (Å²) in [4.78, 5) is 39.0. The van der Waals surface area contributed by atoms with Crippen LogP contribution in [0.4, 0.5) is 5.82 Å². The Morgan fingerprint density at radius 3 is 2.25 bits per heavy atom. The lowest BCUT2D eigenvalue weighted by molar-refractivity contribution is -0.137. The first-order chi connectivity index (χ1) is 17.4. The summed E-state index contributed by atoms with van der Waals surface area (Å²) in [5, 5.41) is 4.12. The molecule has 0 saturated carbocycles. The maximum absolute atomic E-state index is 13.2. The molecule has 1 fully saturated rings. The van der Waals surface area contributed by atoms with Gasteiger partial charge in [-0.3, -0.25) is 14.5 Å². The van der Waals surface area contributed by atoms with Gasteiger partial charge in [0, 0.05) is 37.5 Å². The van der Waals surface area contributed by atoms with E-state index in [1.54, 1.807) is 0 Å². The Kier molecular flexibility index (Phi) is 6.87. The van der Waals surface area contributed by atoms with Crippen LogP contribution in [0.5, 0.6) is 0 Å². The first-order valence-corrected chi connectivity index (χ1v) is 12.8. The summed E-state index contributed by atoms with van der Waals surface area (Å²) in [6, 6.07) is 15.6. The van der Waals surface area contributed by atoms with Crippen molar-refractivity contribution < 1.29 is 9.59 Å². The summed E-state index contributed by atoms with van der Waals surface area (Å²) in [5.74, 6) is 1.27. The van der Waals surface area contributed by atoms with Gasteiger partial charge in [-0.15, -0.1) is 0 Å². The molecular formula is C28H34N6O2. The number of carbonyl (C=O) groups excluding carboxylic acids is 2. The number of para-hydroxylation sites is 1. The van der Waals surface area contributed by atoms with E-state index in [1.807, 2.05) is 43.0 Å². The fourth-order valence-electron chi connectivity index (χ4n) is 5.34. The summed E-state index contributed by atoms with van der Waals surface area (Å²) >= 11 is 0. The zero-order chi connectivity index (χ0) is 25.2. The number of anilines is 1. The van der Waals surface area contributed by atoms with Crippen molar-refractivity contribution in [2.75, 3.05) is 31.5 Å². The van der Waals surface area contributed by atoms with E-state index in [4.69, 9.17) is 15.7 Å². The maximum Gasteiger partial charge on any atom is 0.240 e. The molecule has 1 aromatic heterocycles. The Morgan fingerprint density at radius 2 is 1.61 bits per heavy atom. The van der Waals surface area contributed by atoms with Gasteiger partial charge in [0.25, 0.3) is 0 Å². The van der Waals surface area contributed by atoms with Crippen molar-refractivity contribution >= 4 is 28.5 Å². The Hall–Kier alpha value is -3.52. The highest BCUT2D eigenvalue weighted by molar-refractivity contribution is 5.92. The molecule has 8 nitrogen and oxygen atoms in total. The molecule has 3 N–H and O–H groups in total. The highest BCUT2D eigenvalue weighted by atomic mass is 16.2. The van der Waals surface area contributed by atoms with Crippen molar-refractivity contribution in [2.24, 2.45) is 17.6 Å².